The monoisotopic (exact) mass is 346 g/mol. The average molecular weight is 346 g/mol. The van der Waals surface area contributed by atoms with E-state index in [4.69, 9.17) is 0 Å². The molecule has 1 aliphatic heterocycles. The Morgan fingerprint density at radius 2 is 1.30 bits per heavy atom. The molecule has 1 rings (SSSR count). The summed E-state index contributed by atoms with van der Waals surface area (Å²) in [6.07, 6.45) is -19.4. The van der Waals surface area contributed by atoms with Crippen molar-refractivity contribution in [1.29, 1.82) is 0 Å². The van der Waals surface area contributed by atoms with Crippen molar-refractivity contribution in [2.24, 2.45) is 0 Å². The fraction of sp³-hybridized carbons (Fsp3) is 0.833. The quantitative estimate of drug-likeness (QED) is 0.402. The summed E-state index contributed by atoms with van der Waals surface area (Å²) in [6.45, 7) is 0. The third-order valence-electron chi connectivity index (χ3n) is 1.94. The van der Waals surface area contributed by atoms with Crippen LogP contribution >= 0.6 is 0 Å². The van der Waals surface area contributed by atoms with E-state index in [1.165, 1.54) is 0 Å². The summed E-state index contributed by atoms with van der Waals surface area (Å²) in [5.41, 5.74) is 0. The van der Waals surface area contributed by atoms with E-state index in [2.05, 4.69) is 9.47 Å². The second-order valence-electron chi connectivity index (χ2n) is 3.22. The second kappa shape index (κ2) is 5.24. The summed E-state index contributed by atoms with van der Waals surface area (Å²) in [6, 6.07) is 0. The standard InChI is InChI=1S/C6HF9O4.K/c7-3(5(11,12)13)6(14,15)19-2(18-3,1(16)17)4(8,9)10;/h(H,16,17);/q;+1/p-1. The number of halogens is 9. The summed E-state index contributed by atoms with van der Waals surface area (Å²) in [5, 5.41) is 10.1. The van der Waals surface area contributed by atoms with Crippen LogP contribution in [0.5, 0.6) is 0 Å². The molecule has 0 aromatic heterocycles. The number of carbonyl (C=O) groups is 1. The van der Waals surface area contributed by atoms with E-state index in [1.807, 2.05) is 0 Å². The maximum Gasteiger partial charge on any atom is 1.00 e. The molecule has 0 spiro atoms. The summed E-state index contributed by atoms with van der Waals surface area (Å²) in [7, 11) is 0. The fourth-order valence-electron chi connectivity index (χ4n) is 1.06. The average Bonchev–Trinajstić information content (AvgIpc) is 2.34. The number of rotatable bonds is 1. The number of carboxylic acids is 1. The van der Waals surface area contributed by atoms with Crippen molar-refractivity contribution < 1.29 is 110 Å². The van der Waals surface area contributed by atoms with Gasteiger partial charge < -0.3 is 9.90 Å². The van der Waals surface area contributed by atoms with Crippen molar-refractivity contribution in [3.8, 4) is 0 Å². The van der Waals surface area contributed by atoms with Gasteiger partial charge in [-0.2, -0.15) is 39.5 Å². The Hall–Kier alpha value is 0.396. The largest absolute Gasteiger partial charge is 1.00 e. The Balaban J connectivity index is 0.00000361. The van der Waals surface area contributed by atoms with E-state index in [-0.39, 0.29) is 51.4 Å². The van der Waals surface area contributed by atoms with E-state index in [0.29, 0.717) is 0 Å². The minimum atomic E-state index is -6.70. The Morgan fingerprint density at radius 3 is 1.45 bits per heavy atom. The third kappa shape index (κ3) is 2.70. The molecule has 112 valence electrons. The zero-order valence-electron chi connectivity index (χ0n) is 9.03. The summed E-state index contributed by atoms with van der Waals surface area (Å²) >= 11 is 0. The van der Waals surface area contributed by atoms with Crippen LogP contribution in [0.15, 0.2) is 0 Å². The Morgan fingerprint density at radius 1 is 0.900 bits per heavy atom. The smallest absolute Gasteiger partial charge is 0.544 e. The second-order valence-corrected chi connectivity index (χ2v) is 3.22. The number of hydrogen-bond acceptors (Lipinski definition) is 4. The maximum absolute atomic E-state index is 13.0. The Kier molecular flexibility index (Phi) is 5.34. The Bertz CT molecular complexity index is 406. The first kappa shape index (κ1) is 20.4. The van der Waals surface area contributed by atoms with Crippen molar-refractivity contribution in [2.75, 3.05) is 0 Å². The van der Waals surface area contributed by atoms with Crippen LogP contribution in [-0.2, 0) is 14.3 Å². The van der Waals surface area contributed by atoms with Crippen LogP contribution in [0.2, 0.25) is 0 Å². The first-order valence-corrected chi connectivity index (χ1v) is 3.93. The minimum absolute atomic E-state index is 0. The van der Waals surface area contributed by atoms with Crippen molar-refractivity contribution in [3.63, 3.8) is 0 Å². The molecular formula is C6F9KO4. The molecule has 0 amide bonds. The van der Waals surface area contributed by atoms with Gasteiger partial charge in [-0.15, -0.1) is 0 Å². The summed E-state index contributed by atoms with van der Waals surface area (Å²) in [5.74, 6) is -15.5. The molecule has 1 heterocycles. The van der Waals surface area contributed by atoms with E-state index in [9.17, 15) is 49.4 Å². The van der Waals surface area contributed by atoms with Crippen LogP contribution in [0.25, 0.3) is 0 Å². The zero-order chi connectivity index (χ0) is 15.5. The van der Waals surface area contributed by atoms with Gasteiger partial charge in [0.1, 0.15) is 5.97 Å². The first-order chi connectivity index (χ1) is 8.11. The van der Waals surface area contributed by atoms with Gasteiger partial charge in [0.15, 0.2) is 0 Å². The molecule has 1 aliphatic rings. The molecule has 1 saturated heterocycles. The van der Waals surface area contributed by atoms with Crippen molar-refractivity contribution in [2.45, 2.75) is 30.1 Å². The van der Waals surface area contributed by atoms with Crippen LogP contribution in [-0.4, -0.2) is 36.1 Å². The molecule has 2 atom stereocenters. The Labute approximate surface area is 145 Å². The van der Waals surface area contributed by atoms with Gasteiger partial charge in [-0.25, -0.2) is 0 Å². The summed E-state index contributed by atoms with van der Waals surface area (Å²) < 4.78 is 116. The van der Waals surface area contributed by atoms with Gasteiger partial charge in [-0.05, 0) is 0 Å². The van der Waals surface area contributed by atoms with Gasteiger partial charge in [0.25, 0.3) is 0 Å². The third-order valence-corrected chi connectivity index (χ3v) is 1.94. The minimum Gasteiger partial charge on any atom is -0.544 e. The predicted molar refractivity (Wildman–Crippen MR) is 30.8 cm³/mol. The molecule has 2 unspecified atom stereocenters. The number of carbonyl (C=O) groups excluding carboxylic acids is 1. The van der Waals surface area contributed by atoms with Gasteiger partial charge in [0.05, 0.1) is 0 Å². The molecule has 4 nitrogen and oxygen atoms in total. The molecular weight excluding hydrogens is 346 g/mol. The molecule has 0 aromatic carbocycles. The number of aliphatic carboxylic acids is 1. The topological polar surface area (TPSA) is 58.6 Å². The van der Waals surface area contributed by atoms with Gasteiger partial charge in [-0.3, -0.25) is 9.47 Å². The fourth-order valence-corrected chi connectivity index (χ4v) is 1.06. The van der Waals surface area contributed by atoms with E-state index >= 15 is 0 Å². The van der Waals surface area contributed by atoms with E-state index in [0.717, 1.165) is 0 Å². The number of alkyl halides is 9. The number of carboxylic acid groups (broad SMARTS) is 1. The van der Waals surface area contributed by atoms with Crippen molar-refractivity contribution in [3.05, 3.63) is 0 Å². The molecule has 1 fully saturated rings. The molecule has 0 N–H and O–H groups in total. The van der Waals surface area contributed by atoms with E-state index in [1.54, 1.807) is 0 Å². The van der Waals surface area contributed by atoms with Crippen LogP contribution in [0.3, 0.4) is 0 Å². The normalized spacial score (nSPS) is 33.6. The maximum atomic E-state index is 13.0. The summed E-state index contributed by atoms with van der Waals surface area (Å²) in [4.78, 5) is 10.1. The van der Waals surface area contributed by atoms with Crippen LogP contribution < -0.4 is 56.5 Å². The first-order valence-electron chi connectivity index (χ1n) is 3.93. The van der Waals surface area contributed by atoms with Gasteiger partial charge in [0.2, 0.25) is 0 Å². The molecule has 0 aliphatic carbocycles. The molecule has 0 aromatic rings. The van der Waals surface area contributed by atoms with Crippen molar-refractivity contribution >= 4 is 5.97 Å². The van der Waals surface area contributed by atoms with Crippen molar-refractivity contribution in [1.82, 2.24) is 0 Å². The number of ether oxygens (including phenoxy) is 2. The van der Waals surface area contributed by atoms with Gasteiger partial charge >= 0.3 is 81.5 Å². The molecule has 0 radical (unpaired) electrons. The molecule has 0 saturated carbocycles. The van der Waals surface area contributed by atoms with Gasteiger partial charge in [-0.1, -0.05) is 0 Å². The SMILES string of the molecule is O=C([O-])C1(C(F)(F)F)OC(F)(F)C(F)(C(F)(F)F)O1.[K+]. The number of hydrogen-bond donors (Lipinski definition) is 0. The van der Waals surface area contributed by atoms with Crippen LogP contribution in [0.4, 0.5) is 39.5 Å². The molecule has 0 bridgehead atoms. The predicted octanol–water partition coefficient (Wildman–Crippen LogP) is -2.13. The van der Waals surface area contributed by atoms with Crippen LogP contribution in [0.1, 0.15) is 0 Å². The van der Waals surface area contributed by atoms with E-state index < -0.39 is 36.1 Å². The molecule has 14 heteroatoms. The van der Waals surface area contributed by atoms with Gasteiger partial charge in [0, 0.05) is 0 Å². The van der Waals surface area contributed by atoms with Crippen LogP contribution in [0, 0.1) is 0 Å². The zero-order valence-corrected chi connectivity index (χ0v) is 12.2. The molecule has 20 heavy (non-hydrogen) atoms.